The molecule has 2 atom stereocenters. The van der Waals surface area contributed by atoms with Gasteiger partial charge in [0.2, 0.25) is 0 Å². The quantitative estimate of drug-likeness (QED) is 0.682. The molecule has 0 bridgehead atoms. The van der Waals surface area contributed by atoms with Crippen molar-refractivity contribution in [2.24, 2.45) is 0 Å². The molecule has 3 N–H and O–H groups in total. The predicted molar refractivity (Wildman–Crippen MR) is 57.4 cm³/mol. The number of nitrogens with one attached hydrogen (secondary N) is 2. The number of carbonyl (C=O) groups excluding carboxylic acids is 1. The molecule has 0 saturated heterocycles. The molecule has 6 heteroatoms. The molecule has 0 spiro atoms. The van der Waals surface area contributed by atoms with Crippen molar-refractivity contribution in [1.82, 2.24) is 10.6 Å². The number of ether oxygens (including phenoxy) is 1. The Morgan fingerprint density at radius 3 is 2.50 bits per heavy atom. The van der Waals surface area contributed by atoms with Gasteiger partial charge in [0.05, 0.1) is 6.61 Å². The van der Waals surface area contributed by atoms with Gasteiger partial charge in [-0.2, -0.15) is 0 Å². The predicted octanol–water partition coefficient (Wildman–Crippen LogP) is 1.31. The number of amides is 2. The summed E-state index contributed by atoms with van der Waals surface area (Å²) in [6.07, 6.45) is 1.79. The number of carbonyl (C=O) groups is 2. The molecule has 1 aliphatic rings. The molecule has 2 unspecified atom stereocenters. The van der Waals surface area contributed by atoms with Crippen molar-refractivity contribution in [3.8, 4) is 0 Å². The van der Waals surface area contributed by atoms with E-state index in [-0.39, 0.29) is 12.1 Å². The van der Waals surface area contributed by atoms with Crippen LogP contribution in [-0.4, -0.2) is 36.0 Å². The summed E-state index contributed by atoms with van der Waals surface area (Å²) in [5.41, 5.74) is 0. The largest absolute Gasteiger partial charge is 0.465 e. The van der Waals surface area contributed by atoms with Crippen LogP contribution in [-0.2, 0) is 4.74 Å². The summed E-state index contributed by atoms with van der Waals surface area (Å²) < 4.78 is 4.77. The van der Waals surface area contributed by atoms with Gasteiger partial charge < -0.3 is 20.5 Å². The summed E-state index contributed by atoms with van der Waals surface area (Å²) in [5.74, 6) is 0. The van der Waals surface area contributed by atoms with Crippen LogP contribution in [0.1, 0.15) is 32.6 Å². The summed E-state index contributed by atoms with van der Waals surface area (Å²) in [6, 6.07) is -0.0668. The summed E-state index contributed by atoms with van der Waals surface area (Å²) in [4.78, 5) is 21.6. The maximum absolute atomic E-state index is 11.2. The number of rotatable bonds is 3. The fraction of sp³-hybridized carbons (Fsp3) is 0.800. The van der Waals surface area contributed by atoms with Gasteiger partial charge in [-0.25, -0.2) is 9.59 Å². The molecule has 1 saturated carbocycles. The standard InChI is InChI=1S/C10H18N2O4/c1-2-16-10(15)12-8-5-3-4-7(6-8)11-9(13)14/h7-8,11H,2-6H2,1H3,(H,12,15)(H,13,14). The first-order valence-corrected chi connectivity index (χ1v) is 5.54. The summed E-state index contributed by atoms with van der Waals surface area (Å²) >= 11 is 0. The van der Waals surface area contributed by atoms with E-state index in [0.29, 0.717) is 13.0 Å². The lowest BCUT2D eigenvalue weighted by Crippen LogP contribution is -2.45. The normalized spacial score (nSPS) is 24.6. The van der Waals surface area contributed by atoms with Gasteiger partial charge in [0.15, 0.2) is 0 Å². The van der Waals surface area contributed by atoms with Crippen LogP contribution in [0, 0.1) is 0 Å². The van der Waals surface area contributed by atoms with E-state index in [9.17, 15) is 9.59 Å². The van der Waals surface area contributed by atoms with E-state index in [1.807, 2.05) is 0 Å². The van der Waals surface area contributed by atoms with E-state index in [0.717, 1.165) is 19.3 Å². The van der Waals surface area contributed by atoms with Gasteiger partial charge in [-0.15, -0.1) is 0 Å². The minimum atomic E-state index is -1.01. The van der Waals surface area contributed by atoms with Gasteiger partial charge in [0, 0.05) is 12.1 Å². The topological polar surface area (TPSA) is 87.7 Å². The van der Waals surface area contributed by atoms with E-state index in [2.05, 4.69) is 10.6 Å². The smallest absolute Gasteiger partial charge is 0.407 e. The van der Waals surface area contributed by atoms with Crippen molar-refractivity contribution in [3.05, 3.63) is 0 Å². The van der Waals surface area contributed by atoms with E-state index in [4.69, 9.17) is 9.84 Å². The maximum Gasteiger partial charge on any atom is 0.407 e. The lowest BCUT2D eigenvalue weighted by atomic mass is 9.91. The average molecular weight is 230 g/mol. The summed E-state index contributed by atoms with van der Waals surface area (Å²) in [5, 5.41) is 13.8. The Labute approximate surface area is 94.3 Å². The highest BCUT2D eigenvalue weighted by molar-refractivity contribution is 5.67. The molecule has 92 valence electrons. The molecule has 1 aliphatic carbocycles. The number of hydrogen-bond donors (Lipinski definition) is 3. The molecule has 0 aliphatic heterocycles. The van der Waals surface area contributed by atoms with E-state index < -0.39 is 12.2 Å². The lowest BCUT2D eigenvalue weighted by Gasteiger charge is -2.29. The highest BCUT2D eigenvalue weighted by Crippen LogP contribution is 2.18. The molecule has 6 nitrogen and oxygen atoms in total. The third-order valence-electron chi connectivity index (χ3n) is 2.60. The molecular weight excluding hydrogens is 212 g/mol. The zero-order chi connectivity index (χ0) is 12.0. The minimum absolute atomic E-state index is 0.00431. The van der Waals surface area contributed by atoms with Crippen molar-refractivity contribution in [2.45, 2.75) is 44.7 Å². The Hall–Kier alpha value is -1.46. The third-order valence-corrected chi connectivity index (χ3v) is 2.60. The van der Waals surface area contributed by atoms with Crippen LogP contribution in [0.25, 0.3) is 0 Å². The van der Waals surface area contributed by atoms with Crippen molar-refractivity contribution >= 4 is 12.2 Å². The van der Waals surface area contributed by atoms with Crippen LogP contribution >= 0.6 is 0 Å². The van der Waals surface area contributed by atoms with Crippen molar-refractivity contribution in [1.29, 1.82) is 0 Å². The Morgan fingerprint density at radius 2 is 1.94 bits per heavy atom. The second-order valence-electron chi connectivity index (χ2n) is 3.87. The second-order valence-corrected chi connectivity index (χ2v) is 3.87. The van der Waals surface area contributed by atoms with Crippen LogP contribution in [0.5, 0.6) is 0 Å². The molecule has 0 aromatic carbocycles. The Balaban J connectivity index is 2.32. The van der Waals surface area contributed by atoms with Crippen molar-refractivity contribution in [3.63, 3.8) is 0 Å². The highest BCUT2D eigenvalue weighted by Gasteiger charge is 2.24. The van der Waals surface area contributed by atoms with Crippen LogP contribution in [0.15, 0.2) is 0 Å². The third kappa shape index (κ3) is 4.37. The Bertz CT molecular complexity index is 257. The first-order valence-electron chi connectivity index (χ1n) is 5.54. The zero-order valence-electron chi connectivity index (χ0n) is 9.36. The van der Waals surface area contributed by atoms with Gasteiger partial charge in [-0.1, -0.05) is 0 Å². The number of alkyl carbamates (subject to hydrolysis) is 1. The summed E-state index contributed by atoms with van der Waals surface area (Å²) in [7, 11) is 0. The molecule has 0 heterocycles. The van der Waals surface area contributed by atoms with E-state index in [1.165, 1.54) is 0 Å². The first kappa shape index (κ1) is 12.6. The fourth-order valence-electron chi connectivity index (χ4n) is 1.97. The van der Waals surface area contributed by atoms with Crippen LogP contribution in [0.2, 0.25) is 0 Å². The molecular formula is C10H18N2O4. The first-order chi connectivity index (χ1) is 7.61. The Morgan fingerprint density at radius 1 is 1.31 bits per heavy atom. The van der Waals surface area contributed by atoms with Gasteiger partial charge in [-0.05, 0) is 32.6 Å². The molecule has 0 aromatic rings. The Kier molecular flexibility index (Phi) is 4.88. The molecule has 0 aromatic heterocycles. The average Bonchev–Trinajstić information content (AvgIpc) is 2.17. The molecule has 1 rings (SSSR count). The van der Waals surface area contributed by atoms with Gasteiger partial charge in [-0.3, -0.25) is 0 Å². The highest BCUT2D eigenvalue weighted by atomic mass is 16.5. The van der Waals surface area contributed by atoms with Crippen LogP contribution < -0.4 is 10.6 Å². The van der Waals surface area contributed by atoms with E-state index >= 15 is 0 Å². The zero-order valence-corrected chi connectivity index (χ0v) is 9.36. The lowest BCUT2D eigenvalue weighted by molar-refractivity contribution is 0.143. The number of hydrogen-bond acceptors (Lipinski definition) is 3. The monoisotopic (exact) mass is 230 g/mol. The molecule has 2 amide bonds. The summed E-state index contributed by atoms with van der Waals surface area (Å²) in [6.45, 7) is 2.09. The molecule has 16 heavy (non-hydrogen) atoms. The molecule has 1 fully saturated rings. The van der Waals surface area contributed by atoms with Crippen molar-refractivity contribution < 1.29 is 19.4 Å². The van der Waals surface area contributed by atoms with Crippen LogP contribution in [0.3, 0.4) is 0 Å². The van der Waals surface area contributed by atoms with Crippen molar-refractivity contribution in [2.75, 3.05) is 6.61 Å². The second kappa shape index (κ2) is 6.19. The van der Waals surface area contributed by atoms with Gasteiger partial charge in [0.25, 0.3) is 0 Å². The minimum Gasteiger partial charge on any atom is -0.465 e. The fourth-order valence-corrected chi connectivity index (χ4v) is 1.97. The van der Waals surface area contributed by atoms with E-state index in [1.54, 1.807) is 6.92 Å². The SMILES string of the molecule is CCOC(=O)NC1CCCC(NC(=O)O)C1. The van der Waals surface area contributed by atoms with Gasteiger partial charge in [0.1, 0.15) is 0 Å². The maximum atomic E-state index is 11.2. The van der Waals surface area contributed by atoms with Gasteiger partial charge >= 0.3 is 12.2 Å². The van der Waals surface area contributed by atoms with Crippen LogP contribution in [0.4, 0.5) is 9.59 Å². The number of carboxylic acid groups (broad SMARTS) is 1. The molecule has 0 radical (unpaired) electrons.